The minimum absolute atomic E-state index is 0.00467. The number of anilines is 1. The summed E-state index contributed by atoms with van der Waals surface area (Å²) in [5.41, 5.74) is 5.80. The molecule has 0 saturated carbocycles. The molecule has 0 bridgehead atoms. The van der Waals surface area contributed by atoms with Crippen LogP contribution >= 0.6 is 0 Å². The summed E-state index contributed by atoms with van der Waals surface area (Å²) < 4.78 is 11.5. The highest BCUT2D eigenvalue weighted by Crippen LogP contribution is 2.48. The Morgan fingerprint density at radius 2 is 1.88 bits per heavy atom. The standard InChI is InChI=1S/C25H23N3O5/c1-14-7-3-5-9-17(14)26-23(30)21-22-16-8-4-6-10-19(16)33-25(28(22)27-24(21)31)15-11-12-18(29)20(13-15)32-2/h3-13,21-22,25,29H,1-2H3,(H,26,30)(H,27,31). The summed E-state index contributed by atoms with van der Waals surface area (Å²) in [7, 11) is 1.46. The van der Waals surface area contributed by atoms with E-state index in [2.05, 4.69) is 10.7 Å². The maximum Gasteiger partial charge on any atom is 0.249 e. The van der Waals surface area contributed by atoms with Crippen LogP contribution in [0.25, 0.3) is 0 Å². The van der Waals surface area contributed by atoms with Crippen LogP contribution in [-0.4, -0.2) is 29.0 Å². The van der Waals surface area contributed by atoms with Crippen molar-refractivity contribution in [2.75, 3.05) is 12.4 Å². The molecule has 168 valence electrons. The van der Waals surface area contributed by atoms with Crippen molar-refractivity contribution in [3.05, 3.63) is 83.4 Å². The van der Waals surface area contributed by atoms with E-state index in [1.54, 1.807) is 23.2 Å². The van der Waals surface area contributed by atoms with Crippen LogP contribution in [0.5, 0.6) is 17.2 Å². The Kier molecular flexibility index (Phi) is 5.14. The number of phenols is 1. The van der Waals surface area contributed by atoms with Crippen LogP contribution in [-0.2, 0) is 9.59 Å². The Labute approximate surface area is 190 Å². The largest absolute Gasteiger partial charge is 0.504 e. The van der Waals surface area contributed by atoms with Crippen LogP contribution in [0.3, 0.4) is 0 Å². The number of carbonyl (C=O) groups excluding carboxylic acids is 2. The van der Waals surface area contributed by atoms with E-state index in [0.29, 0.717) is 17.0 Å². The zero-order valence-electron chi connectivity index (χ0n) is 18.1. The van der Waals surface area contributed by atoms with Crippen LogP contribution in [0.1, 0.15) is 29.0 Å². The Balaban J connectivity index is 1.54. The van der Waals surface area contributed by atoms with Crippen LogP contribution < -0.4 is 20.2 Å². The van der Waals surface area contributed by atoms with E-state index in [4.69, 9.17) is 9.47 Å². The quantitative estimate of drug-likeness (QED) is 0.532. The molecule has 3 unspecified atom stereocenters. The van der Waals surface area contributed by atoms with Crippen molar-refractivity contribution in [3.63, 3.8) is 0 Å². The highest BCUT2D eigenvalue weighted by Gasteiger charge is 2.53. The fourth-order valence-corrected chi connectivity index (χ4v) is 4.38. The topological polar surface area (TPSA) is 100 Å². The van der Waals surface area contributed by atoms with Crippen LogP contribution in [0.2, 0.25) is 0 Å². The van der Waals surface area contributed by atoms with Gasteiger partial charge in [0.25, 0.3) is 0 Å². The van der Waals surface area contributed by atoms with E-state index < -0.39 is 30.0 Å². The number of aromatic hydroxyl groups is 1. The van der Waals surface area contributed by atoms with E-state index in [1.807, 2.05) is 49.4 Å². The Hall–Kier alpha value is -4.04. The van der Waals surface area contributed by atoms with E-state index >= 15 is 0 Å². The number of phenolic OH excluding ortho intramolecular Hbond substituents is 1. The molecule has 2 aliphatic rings. The van der Waals surface area contributed by atoms with Crippen molar-refractivity contribution >= 4 is 17.5 Å². The van der Waals surface area contributed by atoms with Gasteiger partial charge in [-0.05, 0) is 42.8 Å². The number of ether oxygens (including phenoxy) is 2. The molecule has 33 heavy (non-hydrogen) atoms. The summed E-state index contributed by atoms with van der Waals surface area (Å²) in [5.74, 6) is -0.937. The first-order valence-corrected chi connectivity index (χ1v) is 10.6. The molecule has 3 aromatic rings. The van der Waals surface area contributed by atoms with E-state index in [0.717, 1.165) is 11.1 Å². The molecule has 3 atom stereocenters. The molecule has 0 aromatic heterocycles. The first-order chi connectivity index (χ1) is 16.0. The Morgan fingerprint density at radius 1 is 1.12 bits per heavy atom. The highest BCUT2D eigenvalue weighted by atomic mass is 16.5. The number of amides is 2. The van der Waals surface area contributed by atoms with E-state index in [1.165, 1.54) is 13.2 Å². The molecule has 0 radical (unpaired) electrons. The molecule has 1 saturated heterocycles. The lowest BCUT2D eigenvalue weighted by molar-refractivity contribution is -0.130. The lowest BCUT2D eigenvalue weighted by Gasteiger charge is -2.39. The lowest BCUT2D eigenvalue weighted by atomic mass is 9.90. The maximum absolute atomic E-state index is 13.3. The summed E-state index contributed by atoms with van der Waals surface area (Å²) in [6.45, 7) is 1.90. The molecule has 2 aliphatic heterocycles. The number of nitrogens with zero attached hydrogens (tertiary/aromatic N) is 1. The van der Waals surface area contributed by atoms with Gasteiger partial charge >= 0.3 is 0 Å². The minimum atomic E-state index is -0.990. The summed E-state index contributed by atoms with van der Waals surface area (Å²) >= 11 is 0. The van der Waals surface area contributed by atoms with Crippen molar-refractivity contribution in [3.8, 4) is 17.2 Å². The van der Waals surface area contributed by atoms with Crippen molar-refractivity contribution in [2.45, 2.75) is 19.2 Å². The van der Waals surface area contributed by atoms with E-state index in [9.17, 15) is 14.7 Å². The van der Waals surface area contributed by atoms with Gasteiger partial charge in [-0.25, -0.2) is 0 Å². The summed E-state index contributed by atoms with van der Waals surface area (Å²) in [6, 6.07) is 19.1. The molecule has 8 nitrogen and oxygen atoms in total. The SMILES string of the molecule is COc1cc(C2Oc3ccccc3C3C(C(=O)Nc4ccccc4C)C(=O)NN23)ccc1O. The number of hydrogen-bond acceptors (Lipinski definition) is 6. The average molecular weight is 445 g/mol. The molecule has 8 heteroatoms. The summed E-state index contributed by atoms with van der Waals surface area (Å²) in [6.07, 6.45) is -0.723. The molecule has 3 aromatic carbocycles. The van der Waals surface area contributed by atoms with Gasteiger partial charge in [0.1, 0.15) is 11.7 Å². The Bertz CT molecular complexity index is 1240. The second-order valence-electron chi connectivity index (χ2n) is 8.05. The fourth-order valence-electron chi connectivity index (χ4n) is 4.38. The van der Waals surface area contributed by atoms with Crippen molar-refractivity contribution in [1.82, 2.24) is 10.4 Å². The minimum Gasteiger partial charge on any atom is -0.504 e. The third-order valence-electron chi connectivity index (χ3n) is 6.04. The number of benzene rings is 3. The zero-order chi connectivity index (χ0) is 23.1. The van der Waals surface area contributed by atoms with Gasteiger partial charge in [-0.1, -0.05) is 36.4 Å². The average Bonchev–Trinajstić information content (AvgIpc) is 3.17. The molecular weight excluding hydrogens is 422 g/mol. The molecular formula is C25H23N3O5. The lowest BCUT2D eigenvalue weighted by Crippen LogP contribution is -2.43. The second kappa shape index (κ2) is 8.14. The first kappa shape index (κ1) is 20.8. The number of hydrogen-bond donors (Lipinski definition) is 3. The maximum atomic E-state index is 13.3. The molecule has 5 rings (SSSR count). The van der Waals surface area contributed by atoms with Gasteiger partial charge in [-0.3, -0.25) is 15.0 Å². The molecule has 0 aliphatic carbocycles. The number of methoxy groups -OCH3 is 1. The third-order valence-corrected chi connectivity index (χ3v) is 6.04. The smallest absolute Gasteiger partial charge is 0.249 e. The zero-order valence-corrected chi connectivity index (χ0v) is 18.1. The third kappa shape index (κ3) is 3.54. The van der Waals surface area contributed by atoms with Gasteiger partial charge in [0, 0.05) is 16.8 Å². The number of hydrazine groups is 1. The number of fused-ring (bicyclic) bond motifs is 3. The monoisotopic (exact) mass is 445 g/mol. The number of para-hydroxylation sites is 2. The molecule has 0 spiro atoms. The molecule has 2 heterocycles. The number of aryl methyl sites for hydroxylation is 1. The van der Waals surface area contributed by atoms with Crippen LogP contribution in [0.4, 0.5) is 5.69 Å². The first-order valence-electron chi connectivity index (χ1n) is 10.6. The number of rotatable bonds is 4. The molecule has 1 fully saturated rings. The fraction of sp³-hybridized carbons (Fsp3) is 0.200. The predicted octanol–water partition coefficient (Wildman–Crippen LogP) is 3.44. The van der Waals surface area contributed by atoms with Crippen molar-refractivity contribution in [1.29, 1.82) is 0 Å². The molecule has 3 N–H and O–H groups in total. The second-order valence-corrected chi connectivity index (χ2v) is 8.05. The van der Waals surface area contributed by atoms with Gasteiger partial charge in [0.05, 0.1) is 13.2 Å². The summed E-state index contributed by atoms with van der Waals surface area (Å²) in [4.78, 5) is 26.4. The van der Waals surface area contributed by atoms with Gasteiger partial charge in [-0.2, -0.15) is 5.01 Å². The highest BCUT2D eigenvalue weighted by molar-refractivity contribution is 6.08. The summed E-state index contributed by atoms with van der Waals surface area (Å²) in [5, 5.41) is 14.6. The van der Waals surface area contributed by atoms with Gasteiger partial charge in [0.15, 0.2) is 17.7 Å². The normalized spacial score (nSPS) is 21.4. The predicted molar refractivity (Wildman–Crippen MR) is 120 cm³/mol. The van der Waals surface area contributed by atoms with Gasteiger partial charge in [0.2, 0.25) is 11.8 Å². The molecule has 2 amide bonds. The number of nitrogens with one attached hydrogen (secondary N) is 2. The van der Waals surface area contributed by atoms with Crippen molar-refractivity contribution in [2.24, 2.45) is 5.92 Å². The van der Waals surface area contributed by atoms with Gasteiger partial charge < -0.3 is 19.9 Å². The van der Waals surface area contributed by atoms with Crippen LogP contribution in [0.15, 0.2) is 66.7 Å². The van der Waals surface area contributed by atoms with Crippen LogP contribution in [0, 0.1) is 12.8 Å². The van der Waals surface area contributed by atoms with Crippen molar-refractivity contribution < 1.29 is 24.2 Å². The number of carbonyl (C=O) groups is 2. The van der Waals surface area contributed by atoms with Gasteiger partial charge in [-0.15, -0.1) is 0 Å². The Morgan fingerprint density at radius 3 is 2.67 bits per heavy atom. The van der Waals surface area contributed by atoms with E-state index in [-0.39, 0.29) is 11.5 Å².